The van der Waals surface area contributed by atoms with Gasteiger partial charge in [-0.15, -0.1) is 11.3 Å². The lowest BCUT2D eigenvalue weighted by molar-refractivity contribution is -0.133. The van der Waals surface area contributed by atoms with E-state index in [4.69, 9.17) is 9.47 Å². The summed E-state index contributed by atoms with van der Waals surface area (Å²) in [5, 5.41) is 4.55. The quantitative estimate of drug-likeness (QED) is 0.492. The molecule has 1 heterocycles. The summed E-state index contributed by atoms with van der Waals surface area (Å²) in [6, 6.07) is 17.4. The highest BCUT2D eigenvalue weighted by atomic mass is 32.1. The third-order valence-electron chi connectivity index (χ3n) is 4.51. The van der Waals surface area contributed by atoms with E-state index in [-0.39, 0.29) is 24.0 Å². The number of esters is 1. The molecule has 0 bridgehead atoms. The van der Waals surface area contributed by atoms with E-state index in [9.17, 15) is 14.4 Å². The van der Waals surface area contributed by atoms with Gasteiger partial charge in [-0.2, -0.15) is 0 Å². The van der Waals surface area contributed by atoms with Crippen molar-refractivity contribution in [3.05, 3.63) is 82.0 Å². The molecule has 1 N–H and O–H groups in total. The van der Waals surface area contributed by atoms with E-state index in [2.05, 4.69) is 5.32 Å². The molecule has 2 aromatic carbocycles. The predicted molar refractivity (Wildman–Crippen MR) is 123 cm³/mol. The van der Waals surface area contributed by atoms with Crippen molar-refractivity contribution in [2.75, 3.05) is 25.6 Å². The maximum atomic E-state index is 12.4. The molecule has 0 spiro atoms. The van der Waals surface area contributed by atoms with Gasteiger partial charge in [0.2, 0.25) is 0 Å². The van der Waals surface area contributed by atoms with Crippen LogP contribution in [0.2, 0.25) is 0 Å². The zero-order valence-corrected chi connectivity index (χ0v) is 18.7. The SMILES string of the molecule is CCOc1ccc(CN(C)C(=O)COC(=O)c2cccc(NC(=O)c3cccs3)c2)cc1. The molecule has 0 fully saturated rings. The Bertz CT molecular complexity index is 1060. The van der Waals surface area contributed by atoms with Gasteiger partial charge in [0.15, 0.2) is 6.61 Å². The zero-order valence-electron chi connectivity index (χ0n) is 17.9. The lowest BCUT2D eigenvalue weighted by Gasteiger charge is -2.17. The minimum absolute atomic E-state index is 0.246. The van der Waals surface area contributed by atoms with Gasteiger partial charge in [0.1, 0.15) is 5.75 Å². The van der Waals surface area contributed by atoms with Crippen LogP contribution in [0.15, 0.2) is 66.0 Å². The Labute approximate surface area is 190 Å². The number of nitrogens with zero attached hydrogens (tertiary/aromatic N) is 1. The summed E-state index contributed by atoms with van der Waals surface area (Å²) < 4.78 is 10.6. The Morgan fingerprint density at radius 3 is 2.50 bits per heavy atom. The Morgan fingerprint density at radius 2 is 1.81 bits per heavy atom. The summed E-state index contributed by atoms with van der Waals surface area (Å²) >= 11 is 1.33. The topological polar surface area (TPSA) is 84.9 Å². The van der Waals surface area contributed by atoms with Crippen LogP contribution in [0.4, 0.5) is 5.69 Å². The number of carbonyl (C=O) groups excluding carboxylic acids is 3. The van der Waals surface area contributed by atoms with Crippen LogP contribution in [0, 0.1) is 0 Å². The highest BCUT2D eigenvalue weighted by Crippen LogP contribution is 2.16. The normalized spacial score (nSPS) is 10.3. The van der Waals surface area contributed by atoms with Crippen molar-refractivity contribution >= 4 is 34.8 Å². The highest BCUT2D eigenvalue weighted by Gasteiger charge is 2.15. The fraction of sp³-hybridized carbons (Fsp3) is 0.208. The molecule has 0 aliphatic heterocycles. The fourth-order valence-corrected chi connectivity index (χ4v) is 3.48. The van der Waals surface area contributed by atoms with Crippen molar-refractivity contribution in [3.8, 4) is 5.75 Å². The van der Waals surface area contributed by atoms with E-state index < -0.39 is 5.97 Å². The van der Waals surface area contributed by atoms with E-state index in [0.29, 0.717) is 23.7 Å². The molecular weight excluding hydrogens is 428 g/mol. The van der Waals surface area contributed by atoms with Gasteiger partial charge in [0, 0.05) is 19.3 Å². The van der Waals surface area contributed by atoms with Gasteiger partial charge in [0.05, 0.1) is 17.0 Å². The second-order valence-electron chi connectivity index (χ2n) is 6.92. The number of amides is 2. The first kappa shape index (κ1) is 23.0. The summed E-state index contributed by atoms with van der Waals surface area (Å²) in [5.41, 5.74) is 1.65. The summed E-state index contributed by atoms with van der Waals surface area (Å²) in [5.74, 6) is -0.445. The van der Waals surface area contributed by atoms with E-state index in [0.717, 1.165) is 11.3 Å². The van der Waals surface area contributed by atoms with Gasteiger partial charge in [0.25, 0.3) is 11.8 Å². The molecule has 0 radical (unpaired) electrons. The van der Waals surface area contributed by atoms with Gasteiger partial charge in [-0.25, -0.2) is 4.79 Å². The monoisotopic (exact) mass is 452 g/mol. The van der Waals surface area contributed by atoms with Gasteiger partial charge in [-0.05, 0) is 54.3 Å². The standard InChI is InChI=1S/C24H24N2O5S/c1-3-30-20-11-9-17(10-12-20)15-26(2)22(27)16-31-24(29)18-6-4-7-19(14-18)25-23(28)21-8-5-13-32-21/h4-14H,3,15-16H2,1-2H3,(H,25,28). The van der Waals surface area contributed by atoms with Crippen LogP contribution in [0.5, 0.6) is 5.75 Å². The largest absolute Gasteiger partial charge is 0.494 e. The molecule has 0 atom stereocenters. The highest BCUT2D eigenvalue weighted by molar-refractivity contribution is 7.12. The first-order chi connectivity index (χ1) is 15.5. The number of benzene rings is 2. The predicted octanol–water partition coefficient (Wildman–Crippen LogP) is 4.21. The van der Waals surface area contributed by atoms with Crippen molar-refractivity contribution in [3.63, 3.8) is 0 Å². The molecule has 3 rings (SSSR count). The second-order valence-corrected chi connectivity index (χ2v) is 7.86. The van der Waals surface area contributed by atoms with Crippen LogP contribution in [0.3, 0.4) is 0 Å². The van der Waals surface area contributed by atoms with E-state index in [1.165, 1.54) is 22.3 Å². The Kier molecular flexibility index (Phi) is 7.99. The second kappa shape index (κ2) is 11.1. The van der Waals surface area contributed by atoms with Crippen LogP contribution in [-0.2, 0) is 16.1 Å². The maximum Gasteiger partial charge on any atom is 0.338 e. The molecule has 32 heavy (non-hydrogen) atoms. The van der Waals surface area contributed by atoms with E-state index >= 15 is 0 Å². The number of anilines is 1. The smallest absolute Gasteiger partial charge is 0.338 e. The van der Waals surface area contributed by atoms with Crippen LogP contribution < -0.4 is 10.1 Å². The Morgan fingerprint density at radius 1 is 1.03 bits per heavy atom. The number of hydrogen-bond donors (Lipinski definition) is 1. The van der Waals surface area contributed by atoms with Gasteiger partial charge in [-0.3, -0.25) is 9.59 Å². The minimum atomic E-state index is -0.639. The molecule has 3 aromatic rings. The van der Waals surface area contributed by atoms with Gasteiger partial charge in [-0.1, -0.05) is 24.3 Å². The summed E-state index contributed by atoms with van der Waals surface area (Å²) in [4.78, 5) is 39.0. The van der Waals surface area contributed by atoms with Crippen molar-refractivity contribution in [1.82, 2.24) is 4.90 Å². The molecule has 7 nitrogen and oxygen atoms in total. The van der Waals surface area contributed by atoms with Crippen molar-refractivity contribution in [2.45, 2.75) is 13.5 Å². The van der Waals surface area contributed by atoms with Crippen LogP contribution >= 0.6 is 11.3 Å². The first-order valence-corrected chi connectivity index (χ1v) is 10.9. The number of rotatable bonds is 9. The first-order valence-electron chi connectivity index (χ1n) is 10.0. The van der Waals surface area contributed by atoms with Crippen LogP contribution in [-0.4, -0.2) is 42.9 Å². The average molecular weight is 453 g/mol. The van der Waals surface area contributed by atoms with Crippen LogP contribution in [0.25, 0.3) is 0 Å². The van der Waals surface area contributed by atoms with Crippen molar-refractivity contribution in [2.24, 2.45) is 0 Å². The van der Waals surface area contributed by atoms with E-state index in [1.807, 2.05) is 36.6 Å². The van der Waals surface area contributed by atoms with Crippen molar-refractivity contribution in [1.29, 1.82) is 0 Å². The summed E-state index contributed by atoms with van der Waals surface area (Å²) in [6.07, 6.45) is 0. The molecule has 1 aromatic heterocycles. The number of thiophene rings is 1. The Hall–Kier alpha value is -3.65. The fourth-order valence-electron chi connectivity index (χ4n) is 2.86. The average Bonchev–Trinajstić information content (AvgIpc) is 3.34. The number of ether oxygens (including phenoxy) is 2. The van der Waals surface area contributed by atoms with E-state index in [1.54, 1.807) is 37.4 Å². The zero-order chi connectivity index (χ0) is 22.9. The number of hydrogen-bond acceptors (Lipinski definition) is 6. The summed E-state index contributed by atoms with van der Waals surface area (Å²) in [6.45, 7) is 2.51. The molecule has 0 saturated heterocycles. The lowest BCUT2D eigenvalue weighted by atomic mass is 10.2. The molecule has 0 aliphatic carbocycles. The number of carbonyl (C=O) groups is 3. The number of likely N-dealkylation sites (N-methyl/N-ethyl adjacent to an activating group) is 1. The third-order valence-corrected chi connectivity index (χ3v) is 5.38. The lowest BCUT2D eigenvalue weighted by Crippen LogP contribution is -2.30. The summed E-state index contributed by atoms with van der Waals surface area (Å²) in [7, 11) is 1.65. The maximum absolute atomic E-state index is 12.4. The molecule has 2 amide bonds. The molecule has 0 unspecified atom stereocenters. The Balaban J connectivity index is 1.51. The van der Waals surface area contributed by atoms with Gasteiger partial charge < -0.3 is 19.7 Å². The molecule has 8 heteroatoms. The minimum Gasteiger partial charge on any atom is -0.494 e. The van der Waals surface area contributed by atoms with Gasteiger partial charge >= 0.3 is 5.97 Å². The molecular formula is C24H24N2O5S. The van der Waals surface area contributed by atoms with Crippen LogP contribution in [0.1, 0.15) is 32.5 Å². The number of nitrogens with one attached hydrogen (secondary N) is 1. The molecule has 0 aliphatic rings. The third kappa shape index (κ3) is 6.42. The molecule has 0 saturated carbocycles. The van der Waals surface area contributed by atoms with Crippen molar-refractivity contribution < 1.29 is 23.9 Å². The molecule has 166 valence electrons.